The fraction of sp³-hybridized carbons (Fsp3) is 0.286. The van der Waals surface area contributed by atoms with Crippen molar-refractivity contribution in [1.82, 2.24) is 9.29 Å². The van der Waals surface area contributed by atoms with Crippen molar-refractivity contribution in [3.63, 3.8) is 0 Å². The summed E-state index contributed by atoms with van der Waals surface area (Å²) in [5, 5.41) is 0.611. The van der Waals surface area contributed by atoms with Gasteiger partial charge in [0.1, 0.15) is 0 Å². The second-order valence-electron chi connectivity index (χ2n) is 7.07. The number of sulfonamides is 1. The van der Waals surface area contributed by atoms with Crippen molar-refractivity contribution in [1.29, 1.82) is 0 Å². The molecule has 2 aromatic carbocycles. The Morgan fingerprint density at radius 3 is 2.54 bits per heavy atom. The zero-order chi connectivity index (χ0) is 19.9. The molecule has 28 heavy (non-hydrogen) atoms. The van der Waals surface area contributed by atoms with Crippen LogP contribution in [0.5, 0.6) is 0 Å². The van der Waals surface area contributed by atoms with Crippen LogP contribution in [0.25, 0.3) is 22.2 Å². The molecule has 0 saturated carbocycles. The molecule has 0 bridgehead atoms. The number of aromatic amines is 1. The Kier molecular flexibility index (Phi) is 4.82. The van der Waals surface area contributed by atoms with Crippen molar-refractivity contribution >= 4 is 27.2 Å². The van der Waals surface area contributed by atoms with Crippen LogP contribution in [0.4, 0.5) is 0 Å². The summed E-state index contributed by atoms with van der Waals surface area (Å²) in [6.45, 7) is 5.44. The van der Waals surface area contributed by atoms with E-state index in [4.69, 9.17) is 4.74 Å². The maximum absolute atomic E-state index is 13.0. The zero-order valence-electron chi connectivity index (χ0n) is 15.9. The Balaban J connectivity index is 1.86. The molecular formula is C21H22N2O4S. The molecule has 1 saturated heterocycles. The van der Waals surface area contributed by atoms with Crippen molar-refractivity contribution in [3.05, 3.63) is 53.1 Å². The molecule has 146 valence electrons. The lowest BCUT2D eigenvalue weighted by molar-refractivity contribution is 0.0730. The van der Waals surface area contributed by atoms with Crippen LogP contribution in [0.1, 0.15) is 21.5 Å². The third kappa shape index (κ3) is 3.15. The number of morpholine rings is 1. The SMILES string of the molecule is Cc1ccc(C)c(-c2[nH]c3ccc(S(=O)(=O)N4CCOCC4)cc3c2C=O)c1. The first-order valence-corrected chi connectivity index (χ1v) is 10.6. The van der Waals surface area contributed by atoms with E-state index in [1.54, 1.807) is 18.2 Å². The van der Waals surface area contributed by atoms with E-state index in [-0.39, 0.29) is 4.90 Å². The molecule has 1 N–H and O–H groups in total. The average molecular weight is 398 g/mol. The van der Waals surface area contributed by atoms with E-state index in [1.807, 2.05) is 32.0 Å². The number of benzene rings is 2. The number of aldehydes is 1. The molecule has 7 heteroatoms. The monoisotopic (exact) mass is 398 g/mol. The predicted octanol–water partition coefficient (Wildman–Crippen LogP) is 3.29. The van der Waals surface area contributed by atoms with Crippen LogP contribution in [-0.4, -0.2) is 50.3 Å². The van der Waals surface area contributed by atoms with Crippen molar-refractivity contribution in [3.8, 4) is 11.3 Å². The Morgan fingerprint density at radius 1 is 1.07 bits per heavy atom. The number of carbonyl (C=O) groups excluding carboxylic acids is 1. The lowest BCUT2D eigenvalue weighted by atomic mass is 10.00. The number of fused-ring (bicyclic) bond motifs is 1. The summed E-state index contributed by atoms with van der Waals surface area (Å²) in [5.74, 6) is 0. The first-order chi connectivity index (χ1) is 13.4. The van der Waals surface area contributed by atoms with E-state index in [9.17, 15) is 13.2 Å². The highest BCUT2D eigenvalue weighted by molar-refractivity contribution is 7.89. The Bertz CT molecular complexity index is 1160. The van der Waals surface area contributed by atoms with Gasteiger partial charge in [-0.1, -0.05) is 17.7 Å². The normalized spacial score (nSPS) is 15.8. The summed E-state index contributed by atoms with van der Waals surface area (Å²) in [4.78, 5) is 15.4. The molecule has 0 amide bonds. The molecule has 1 aromatic heterocycles. The Morgan fingerprint density at radius 2 is 1.82 bits per heavy atom. The van der Waals surface area contributed by atoms with Crippen molar-refractivity contribution in [2.75, 3.05) is 26.3 Å². The highest BCUT2D eigenvalue weighted by atomic mass is 32.2. The van der Waals surface area contributed by atoms with Gasteiger partial charge in [0.2, 0.25) is 10.0 Å². The minimum Gasteiger partial charge on any atom is -0.379 e. The van der Waals surface area contributed by atoms with Gasteiger partial charge in [0, 0.05) is 35.1 Å². The second-order valence-corrected chi connectivity index (χ2v) is 9.01. The largest absolute Gasteiger partial charge is 0.379 e. The van der Waals surface area contributed by atoms with Gasteiger partial charge in [0.05, 0.1) is 23.8 Å². The average Bonchev–Trinajstić information content (AvgIpc) is 3.08. The van der Waals surface area contributed by atoms with Crippen molar-refractivity contribution in [2.24, 2.45) is 0 Å². The number of nitrogens with one attached hydrogen (secondary N) is 1. The highest BCUT2D eigenvalue weighted by Gasteiger charge is 2.27. The molecule has 1 aliphatic rings. The number of ether oxygens (including phenoxy) is 1. The zero-order valence-corrected chi connectivity index (χ0v) is 16.7. The number of H-pyrrole nitrogens is 1. The summed E-state index contributed by atoms with van der Waals surface area (Å²) >= 11 is 0. The van der Waals surface area contributed by atoms with Crippen LogP contribution in [0.2, 0.25) is 0 Å². The van der Waals surface area contributed by atoms with Gasteiger partial charge in [-0.2, -0.15) is 4.31 Å². The number of hydrogen-bond acceptors (Lipinski definition) is 4. The fourth-order valence-electron chi connectivity index (χ4n) is 3.63. The van der Waals surface area contributed by atoms with Gasteiger partial charge in [0.25, 0.3) is 0 Å². The van der Waals surface area contributed by atoms with E-state index in [1.165, 1.54) is 4.31 Å². The summed E-state index contributed by atoms with van der Waals surface area (Å²) in [5.41, 5.74) is 5.00. The maximum Gasteiger partial charge on any atom is 0.243 e. The number of nitrogens with zero attached hydrogens (tertiary/aromatic N) is 1. The van der Waals surface area contributed by atoms with Gasteiger partial charge in [-0.15, -0.1) is 0 Å². The topological polar surface area (TPSA) is 79.5 Å². The van der Waals surface area contributed by atoms with Crippen LogP contribution < -0.4 is 0 Å². The molecule has 4 rings (SSSR count). The van der Waals surface area contributed by atoms with Gasteiger partial charge < -0.3 is 9.72 Å². The fourth-order valence-corrected chi connectivity index (χ4v) is 5.06. The van der Waals surface area contributed by atoms with Crippen LogP contribution in [-0.2, 0) is 14.8 Å². The minimum atomic E-state index is -3.63. The van der Waals surface area contributed by atoms with Crippen LogP contribution in [0.3, 0.4) is 0 Å². The van der Waals surface area contributed by atoms with Crippen LogP contribution in [0.15, 0.2) is 41.3 Å². The quantitative estimate of drug-likeness (QED) is 0.684. The first kappa shape index (κ1) is 18.9. The maximum atomic E-state index is 13.0. The molecule has 6 nitrogen and oxygen atoms in total. The summed E-state index contributed by atoms with van der Waals surface area (Å²) in [6.07, 6.45) is 0.793. The van der Waals surface area contributed by atoms with Crippen molar-refractivity contribution < 1.29 is 17.9 Å². The third-order valence-electron chi connectivity index (χ3n) is 5.20. The molecule has 1 fully saturated rings. The minimum absolute atomic E-state index is 0.191. The summed E-state index contributed by atoms with van der Waals surface area (Å²) < 4.78 is 32.6. The van der Waals surface area contributed by atoms with E-state index >= 15 is 0 Å². The smallest absolute Gasteiger partial charge is 0.243 e. The lowest BCUT2D eigenvalue weighted by Gasteiger charge is -2.26. The standard InChI is InChI=1S/C21H22N2O4S/c1-14-3-4-15(2)17(11-14)21-19(13-24)18-12-16(5-6-20(18)22-21)28(25,26)23-7-9-27-10-8-23/h3-6,11-13,22H,7-10H2,1-2H3. The third-order valence-corrected chi connectivity index (χ3v) is 7.09. The van der Waals surface area contributed by atoms with Crippen molar-refractivity contribution in [2.45, 2.75) is 18.7 Å². The van der Waals surface area contributed by atoms with E-state index in [0.717, 1.165) is 28.5 Å². The van der Waals surface area contributed by atoms with Gasteiger partial charge in [-0.05, 0) is 43.7 Å². The summed E-state index contributed by atoms with van der Waals surface area (Å²) in [6, 6.07) is 11.0. The highest BCUT2D eigenvalue weighted by Crippen LogP contribution is 2.33. The van der Waals surface area contributed by atoms with E-state index in [2.05, 4.69) is 4.98 Å². The van der Waals surface area contributed by atoms with Crippen LogP contribution >= 0.6 is 0 Å². The van der Waals surface area contributed by atoms with Crippen LogP contribution in [0, 0.1) is 13.8 Å². The van der Waals surface area contributed by atoms with E-state index in [0.29, 0.717) is 42.9 Å². The number of hydrogen-bond donors (Lipinski definition) is 1. The number of aryl methyl sites for hydroxylation is 2. The van der Waals surface area contributed by atoms with E-state index < -0.39 is 10.0 Å². The molecule has 0 radical (unpaired) electrons. The molecular weight excluding hydrogens is 376 g/mol. The number of carbonyl (C=O) groups is 1. The molecule has 3 aromatic rings. The molecule has 0 spiro atoms. The number of aromatic nitrogens is 1. The lowest BCUT2D eigenvalue weighted by Crippen LogP contribution is -2.40. The molecule has 2 heterocycles. The van der Waals surface area contributed by atoms with Gasteiger partial charge in [-0.25, -0.2) is 8.42 Å². The van der Waals surface area contributed by atoms with Gasteiger partial charge in [0.15, 0.2) is 6.29 Å². The second kappa shape index (κ2) is 7.16. The Labute approximate surface area is 164 Å². The van der Waals surface area contributed by atoms with Gasteiger partial charge in [-0.3, -0.25) is 4.79 Å². The predicted molar refractivity (Wildman–Crippen MR) is 108 cm³/mol. The first-order valence-electron chi connectivity index (χ1n) is 9.18. The van der Waals surface area contributed by atoms with Gasteiger partial charge >= 0.3 is 0 Å². The molecule has 0 unspecified atom stereocenters. The molecule has 0 aliphatic carbocycles. The molecule has 0 atom stereocenters. The Hall–Kier alpha value is -2.48. The summed E-state index contributed by atoms with van der Waals surface area (Å²) in [7, 11) is -3.63. The molecule has 1 aliphatic heterocycles. The number of rotatable bonds is 4.